The smallest absolute Gasteiger partial charge is 0.253 e. The quantitative estimate of drug-likeness (QED) is 0.127. The molecule has 0 aromatic heterocycles. The average Bonchev–Trinajstić information content (AvgIpc) is 3.08. The van der Waals surface area contributed by atoms with E-state index < -0.39 is 6.17 Å². The fourth-order valence-corrected chi connectivity index (χ4v) is 4.35. The third-order valence-electron chi connectivity index (χ3n) is 6.42. The first-order chi connectivity index (χ1) is 15.1. The Morgan fingerprint density at radius 1 is 0.613 bits per heavy atom. The zero-order valence-corrected chi connectivity index (χ0v) is 20.2. The number of carbonyl (C=O) groups is 2. The Balaban J connectivity index is 1.76. The van der Waals surface area contributed by atoms with Crippen molar-refractivity contribution in [1.29, 1.82) is 0 Å². The molecular weight excluding hydrogens is 389 g/mol. The van der Waals surface area contributed by atoms with Gasteiger partial charge in [-0.3, -0.25) is 14.5 Å². The number of hydrogen-bond acceptors (Lipinski definition) is 2. The highest BCUT2D eigenvalue weighted by Crippen LogP contribution is 2.17. The molecule has 0 bridgehead atoms. The number of alkyl halides is 1. The van der Waals surface area contributed by atoms with Crippen LogP contribution in [-0.2, 0) is 9.59 Å². The van der Waals surface area contributed by atoms with Crippen LogP contribution in [0.5, 0.6) is 0 Å². The van der Waals surface area contributed by atoms with Crippen LogP contribution in [0.25, 0.3) is 0 Å². The molecule has 31 heavy (non-hydrogen) atoms. The lowest BCUT2D eigenvalue weighted by Gasteiger charge is -2.13. The number of rotatable bonds is 22. The monoisotopic (exact) mass is 437 g/mol. The van der Waals surface area contributed by atoms with Gasteiger partial charge < -0.3 is 0 Å². The standard InChI is InChI=1S/C27H48FNO2/c1-2-3-4-5-6-7-8-9-11-14-17-20-25(28)21-18-15-12-10-13-16-19-24-29-26(30)22-23-27(29)31/h22-23,25H,2-21,24H2,1H3. The minimum Gasteiger partial charge on any atom is -0.275 e. The average molecular weight is 438 g/mol. The fraction of sp³-hybridized carbons (Fsp3) is 0.852. The van der Waals surface area contributed by atoms with E-state index in [1.165, 1.54) is 81.3 Å². The highest BCUT2D eigenvalue weighted by Gasteiger charge is 2.22. The van der Waals surface area contributed by atoms with Gasteiger partial charge in [0.15, 0.2) is 0 Å². The first kappa shape index (κ1) is 27.8. The van der Waals surface area contributed by atoms with E-state index in [2.05, 4.69) is 6.92 Å². The van der Waals surface area contributed by atoms with Crippen LogP contribution in [-0.4, -0.2) is 29.4 Å². The Labute approximate surface area is 191 Å². The number of hydrogen-bond donors (Lipinski definition) is 0. The topological polar surface area (TPSA) is 37.4 Å². The van der Waals surface area contributed by atoms with Crippen LogP contribution in [0.15, 0.2) is 12.2 Å². The van der Waals surface area contributed by atoms with E-state index in [0.29, 0.717) is 6.54 Å². The highest BCUT2D eigenvalue weighted by molar-refractivity contribution is 6.12. The van der Waals surface area contributed by atoms with Crippen LogP contribution in [0.3, 0.4) is 0 Å². The molecule has 3 nitrogen and oxygen atoms in total. The van der Waals surface area contributed by atoms with Crippen molar-refractivity contribution in [2.75, 3.05) is 6.54 Å². The molecule has 0 aliphatic carbocycles. The number of carbonyl (C=O) groups excluding carboxylic acids is 2. The van der Waals surface area contributed by atoms with Crippen LogP contribution in [0.1, 0.15) is 135 Å². The van der Waals surface area contributed by atoms with Crippen molar-refractivity contribution in [2.45, 2.75) is 142 Å². The lowest BCUT2D eigenvalue weighted by Crippen LogP contribution is -2.30. The maximum atomic E-state index is 14.0. The second-order valence-corrected chi connectivity index (χ2v) is 9.35. The fourth-order valence-electron chi connectivity index (χ4n) is 4.35. The number of unbranched alkanes of at least 4 members (excludes halogenated alkanes) is 16. The summed E-state index contributed by atoms with van der Waals surface area (Å²) in [5.41, 5.74) is 0. The largest absolute Gasteiger partial charge is 0.275 e. The van der Waals surface area contributed by atoms with E-state index in [1.54, 1.807) is 0 Å². The van der Waals surface area contributed by atoms with Crippen molar-refractivity contribution in [3.8, 4) is 0 Å². The van der Waals surface area contributed by atoms with Gasteiger partial charge in [-0.05, 0) is 19.3 Å². The predicted molar refractivity (Wildman–Crippen MR) is 129 cm³/mol. The number of halogens is 1. The van der Waals surface area contributed by atoms with Crippen molar-refractivity contribution >= 4 is 11.8 Å². The van der Waals surface area contributed by atoms with Gasteiger partial charge in [0.05, 0.1) is 0 Å². The Morgan fingerprint density at radius 3 is 1.39 bits per heavy atom. The molecule has 0 spiro atoms. The molecule has 1 aliphatic rings. The van der Waals surface area contributed by atoms with E-state index in [0.717, 1.165) is 64.2 Å². The molecule has 1 atom stereocenters. The van der Waals surface area contributed by atoms with Gasteiger partial charge in [-0.25, -0.2) is 4.39 Å². The van der Waals surface area contributed by atoms with Crippen LogP contribution in [0.4, 0.5) is 4.39 Å². The van der Waals surface area contributed by atoms with Gasteiger partial charge in [0, 0.05) is 18.7 Å². The first-order valence-electron chi connectivity index (χ1n) is 13.3. The molecule has 0 aromatic rings. The summed E-state index contributed by atoms with van der Waals surface area (Å²) in [6.45, 7) is 2.80. The minimum atomic E-state index is -0.609. The molecule has 0 aromatic carbocycles. The number of amides is 2. The van der Waals surface area contributed by atoms with Crippen molar-refractivity contribution in [2.24, 2.45) is 0 Å². The summed E-state index contributed by atoms with van der Waals surface area (Å²) in [5.74, 6) is -0.363. The molecule has 1 rings (SSSR count). The summed E-state index contributed by atoms with van der Waals surface area (Å²) >= 11 is 0. The third-order valence-corrected chi connectivity index (χ3v) is 6.42. The Hall–Kier alpha value is -1.19. The van der Waals surface area contributed by atoms with Crippen LogP contribution in [0, 0.1) is 0 Å². The zero-order chi connectivity index (χ0) is 22.6. The summed E-state index contributed by atoms with van der Waals surface area (Å²) in [5, 5.41) is 0. The van der Waals surface area contributed by atoms with Gasteiger partial charge in [-0.15, -0.1) is 0 Å². The maximum Gasteiger partial charge on any atom is 0.253 e. The Kier molecular flexibility index (Phi) is 17.5. The van der Waals surface area contributed by atoms with E-state index >= 15 is 0 Å². The summed E-state index contributed by atoms with van der Waals surface area (Å²) in [4.78, 5) is 24.2. The number of imide groups is 1. The first-order valence-corrected chi connectivity index (χ1v) is 13.3. The molecule has 0 N–H and O–H groups in total. The SMILES string of the molecule is CCCCCCCCCCCCCC(F)CCCCCCCCCN1C(=O)C=CC1=O. The van der Waals surface area contributed by atoms with Gasteiger partial charge in [-0.2, -0.15) is 0 Å². The normalized spacial score (nSPS) is 14.7. The minimum absolute atomic E-state index is 0.182. The van der Waals surface area contributed by atoms with Gasteiger partial charge in [-0.1, -0.05) is 116 Å². The summed E-state index contributed by atoms with van der Waals surface area (Å²) < 4.78 is 14.0. The zero-order valence-electron chi connectivity index (χ0n) is 20.2. The molecule has 0 fully saturated rings. The molecule has 1 heterocycles. The van der Waals surface area contributed by atoms with Gasteiger partial charge in [0.2, 0.25) is 0 Å². The molecule has 0 saturated heterocycles. The lowest BCUT2D eigenvalue weighted by atomic mass is 10.0. The van der Waals surface area contributed by atoms with Crippen molar-refractivity contribution in [3.05, 3.63) is 12.2 Å². The molecular formula is C27H48FNO2. The molecule has 1 unspecified atom stereocenters. The Morgan fingerprint density at radius 2 is 0.968 bits per heavy atom. The van der Waals surface area contributed by atoms with E-state index in [1.807, 2.05) is 0 Å². The summed E-state index contributed by atoms with van der Waals surface area (Å²) in [6, 6.07) is 0. The van der Waals surface area contributed by atoms with Gasteiger partial charge >= 0.3 is 0 Å². The van der Waals surface area contributed by atoms with E-state index in [-0.39, 0.29) is 11.8 Å². The highest BCUT2D eigenvalue weighted by atomic mass is 19.1. The van der Waals surface area contributed by atoms with Crippen LogP contribution in [0.2, 0.25) is 0 Å². The van der Waals surface area contributed by atoms with Crippen molar-refractivity contribution in [3.63, 3.8) is 0 Å². The lowest BCUT2D eigenvalue weighted by molar-refractivity contribution is -0.136. The third kappa shape index (κ3) is 15.3. The van der Waals surface area contributed by atoms with Crippen molar-refractivity contribution in [1.82, 2.24) is 4.90 Å². The second-order valence-electron chi connectivity index (χ2n) is 9.35. The molecule has 180 valence electrons. The van der Waals surface area contributed by atoms with Crippen LogP contribution >= 0.6 is 0 Å². The summed E-state index contributed by atoms with van der Waals surface area (Å²) in [6.07, 6.45) is 25.5. The summed E-state index contributed by atoms with van der Waals surface area (Å²) in [7, 11) is 0. The number of nitrogens with zero attached hydrogens (tertiary/aromatic N) is 1. The van der Waals surface area contributed by atoms with E-state index in [4.69, 9.17) is 0 Å². The van der Waals surface area contributed by atoms with Gasteiger partial charge in [0.25, 0.3) is 11.8 Å². The molecule has 2 amide bonds. The molecule has 1 aliphatic heterocycles. The van der Waals surface area contributed by atoms with Gasteiger partial charge in [0.1, 0.15) is 6.17 Å². The van der Waals surface area contributed by atoms with Crippen molar-refractivity contribution < 1.29 is 14.0 Å². The predicted octanol–water partition coefficient (Wildman–Crippen LogP) is 8.07. The van der Waals surface area contributed by atoms with E-state index in [9.17, 15) is 14.0 Å². The Bertz CT molecular complexity index is 474. The maximum absolute atomic E-state index is 14.0. The molecule has 0 radical (unpaired) electrons. The van der Waals surface area contributed by atoms with Crippen LogP contribution < -0.4 is 0 Å². The second kappa shape index (κ2) is 19.5. The molecule has 0 saturated carbocycles. The molecule has 4 heteroatoms.